The molecule has 1 aliphatic heterocycles. The van der Waals surface area contributed by atoms with Gasteiger partial charge in [-0.1, -0.05) is 0 Å². The van der Waals surface area contributed by atoms with Crippen molar-refractivity contribution in [2.75, 3.05) is 32.8 Å². The number of morpholine rings is 1. The lowest BCUT2D eigenvalue weighted by Crippen LogP contribution is -2.47. The molecule has 3 rings (SSSR count). The number of nitrogens with one attached hydrogen (secondary N) is 1. The summed E-state index contributed by atoms with van der Waals surface area (Å²) in [6.07, 6.45) is 0. The molecule has 1 N–H and O–H groups in total. The summed E-state index contributed by atoms with van der Waals surface area (Å²) in [6.45, 7) is 9.98. The number of amides is 1. The van der Waals surface area contributed by atoms with Crippen molar-refractivity contribution >= 4 is 16.9 Å². The third-order valence-corrected chi connectivity index (χ3v) is 4.56. The number of fused-ring (bicyclic) bond motifs is 1. The molecule has 2 heterocycles. The maximum absolute atomic E-state index is 12.4. The SMILES string of the molecule is Cc1nc2ccc(C(=O)NCC(C)N3CCOCC3)cc2nc1C. The fourth-order valence-electron chi connectivity index (χ4n) is 2.86. The molecule has 1 aliphatic rings. The van der Waals surface area contributed by atoms with Crippen LogP contribution in [0.25, 0.3) is 11.0 Å². The van der Waals surface area contributed by atoms with Crippen LogP contribution in [0.2, 0.25) is 0 Å². The van der Waals surface area contributed by atoms with E-state index in [0.29, 0.717) is 18.2 Å². The van der Waals surface area contributed by atoms with Crippen molar-refractivity contribution < 1.29 is 9.53 Å². The summed E-state index contributed by atoms with van der Waals surface area (Å²) in [4.78, 5) is 23.8. The number of carbonyl (C=O) groups excluding carboxylic acids is 1. The quantitative estimate of drug-likeness (QED) is 0.925. The number of hydrogen-bond acceptors (Lipinski definition) is 5. The van der Waals surface area contributed by atoms with Gasteiger partial charge in [-0.3, -0.25) is 9.69 Å². The Labute approximate surface area is 142 Å². The first-order valence-electron chi connectivity index (χ1n) is 8.39. The summed E-state index contributed by atoms with van der Waals surface area (Å²) in [6, 6.07) is 5.77. The average Bonchev–Trinajstić information content (AvgIpc) is 2.60. The van der Waals surface area contributed by atoms with Crippen LogP contribution in [0.4, 0.5) is 0 Å². The average molecular weight is 328 g/mol. The van der Waals surface area contributed by atoms with Gasteiger partial charge in [0.1, 0.15) is 0 Å². The second-order valence-electron chi connectivity index (χ2n) is 6.31. The first-order chi connectivity index (χ1) is 11.5. The molecule has 1 saturated heterocycles. The molecule has 128 valence electrons. The zero-order valence-corrected chi connectivity index (χ0v) is 14.5. The molecule has 1 atom stereocenters. The molecule has 0 aliphatic carbocycles. The van der Waals surface area contributed by atoms with Crippen LogP contribution in [0.15, 0.2) is 18.2 Å². The molecule has 24 heavy (non-hydrogen) atoms. The molecule has 0 spiro atoms. The highest BCUT2D eigenvalue weighted by Crippen LogP contribution is 2.14. The Hall–Kier alpha value is -2.05. The largest absolute Gasteiger partial charge is 0.379 e. The summed E-state index contributed by atoms with van der Waals surface area (Å²) in [5, 5.41) is 3.02. The van der Waals surface area contributed by atoms with Crippen molar-refractivity contribution in [2.45, 2.75) is 26.8 Å². The molecule has 1 aromatic heterocycles. The first kappa shape index (κ1) is 16.8. The second kappa shape index (κ2) is 7.23. The van der Waals surface area contributed by atoms with Crippen LogP contribution in [-0.2, 0) is 4.74 Å². The Morgan fingerprint density at radius 2 is 1.88 bits per heavy atom. The van der Waals surface area contributed by atoms with Crippen LogP contribution < -0.4 is 5.32 Å². The van der Waals surface area contributed by atoms with Gasteiger partial charge in [0.25, 0.3) is 5.91 Å². The van der Waals surface area contributed by atoms with Crippen molar-refractivity contribution in [3.8, 4) is 0 Å². The van der Waals surface area contributed by atoms with E-state index in [-0.39, 0.29) is 5.91 Å². The third-order valence-electron chi connectivity index (χ3n) is 4.56. The smallest absolute Gasteiger partial charge is 0.251 e. The second-order valence-corrected chi connectivity index (χ2v) is 6.31. The highest BCUT2D eigenvalue weighted by Gasteiger charge is 2.18. The molecule has 0 saturated carbocycles. The van der Waals surface area contributed by atoms with Gasteiger partial charge < -0.3 is 10.1 Å². The first-order valence-corrected chi connectivity index (χ1v) is 8.39. The highest BCUT2D eigenvalue weighted by atomic mass is 16.5. The van der Waals surface area contributed by atoms with E-state index in [9.17, 15) is 4.79 Å². The number of hydrogen-bond donors (Lipinski definition) is 1. The van der Waals surface area contributed by atoms with Crippen LogP contribution in [0.1, 0.15) is 28.7 Å². The lowest BCUT2D eigenvalue weighted by atomic mass is 10.1. The van der Waals surface area contributed by atoms with Gasteiger partial charge >= 0.3 is 0 Å². The normalized spacial score (nSPS) is 17.0. The van der Waals surface area contributed by atoms with Gasteiger partial charge in [0.05, 0.1) is 35.6 Å². The molecular formula is C18H24N4O2. The minimum absolute atomic E-state index is 0.0722. The maximum Gasteiger partial charge on any atom is 0.251 e. The number of nitrogens with zero attached hydrogens (tertiary/aromatic N) is 3. The Bertz CT molecular complexity index is 741. The Balaban J connectivity index is 1.66. The Morgan fingerprint density at radius 3 is 2.58 bits per heavy atom. The van der Waals surface area contributed by atoms with Crippen LogP contribution in [0, 0.1) is 13.8 Å². The molecule has 1 aromatic carbocycles. The molecule has 2 aromatic rings. The van der Waals surface area contributed by atoms with E-state index >= 15 is 0 Å². The van der Waals surface area contributed by atoms with Gasteiger partial charge in [-0.25, -0.2) is 9.97 Å². The predicted molar refractivity (Wildman–Crippen MR) is 93.2 cm³/mol. The van der Waals surface area contributed by atoms with Gasteiger partial charge in [0, 0.05) is 31.2 Å². The minimum Gasteiger partial charge on any atom is -0.379 e. The van der Waals surface area contributed by atoms with Gasteiger partial charge in [0.15, 0.2) is 0 Å². The van der Waals surface area contributed by atoms with Crippen molar-refractivity contribution in [1.82, 2.24) is 20.2 Å². The molecule has 1 amide bonds. The van der Waals surface area contributed by atoms with Gasteiger partial charge in [-0.15, -0.1) is 0 Å². The Kier molecular flexibility index (Phi) is 5.06. The van der Waals surface area contributed by atoms with E-state index in [1.165, 1.54) is 0 Å². The zero-order chi connectivity index (χ0) is 17.1. The highest BCUT2D eigenvalue weighted by molar-refractivity contribution is 5.97. The molecule has 6 heteroatoms. The van der Waals surface area contributed by atoms with E-state index in [0.717, 1.165) is 48.7 Å². The number of benzene rings is 1. The predicted octanol–water partition coefficient (Wildman–Crippen LogP) is 1.70. The summed E-state index contributed by atoms with van der Waals surface area (Å²) >= 11 is 0. The molecule has 6 nitrogen and oxygen atoms in total. The molecule has 1 unspecified atom stereocenters. The van der Waals surface area contributed by atoms with Crippen molar-refractivity contribution in [3.63, 3.8) is 0 Å². The van der Waals surface area contributed by atoms with Crippen LogP contribution in [0.3, 0.4) is 0 Å². The van der Waals surface area contributed by atoms with Crippen LogP contribution in [-0.4, -0.2) is 59.7 Å². The topological polar surface area (TPSA) is 67.4 Å². The molecular weight excluding hydrogens is 304 g/mol. The summed E-state index contributed by atoms with van der Waals surface area (Å²) in [7, 11) is 0. The summed E-state index contributed by atoms with van der Waals surface area (Å²) in [5.41, 5.74) is 4.00. The van der Waals surface area contributed by atoms with Crippen molar-refractivity contribution in [2.24, 2.45) is 0 Å². The summed E-state index contributed by atoms with van der Waals surface area (Å²) < 4.78 is 5.36. The number of rotatable bonds is 4. The molecule has 1 fully saturated rings. The number of carbonyl (C=O) groups is 1. The van der Waals surface area contributed by atoms with Crippen LogP contribution >= 0.6 is 0 Å². The van der Waals surface area contributed by atoms with Crippen LogP contribution in [0.5, 0.6) is 0 Å². The van der Waals surface area contributed by atoms with Gasteiger partial charge in [-0.2, -0.15) is 0 Å². The monoisotopic (exact) mass is 328 g/mol. The third kappa shape index (κ3) is 3.71. The fraction of sp³-hybridized carbons (Fsp3) is 0.500. The van der Waals surface area contributed by atoms with E-state index in [4.69, 9.17) is 4.74 Å². The molecule has 0 bridgehead atoms. The van der Waals surface area contributed by atoms with E-state index in [2.05, 4.69) is 27.1 Å². The lowest BCUT2D eigenvalue weighted by Gasteiger charge is -2.32. The van der Waals surface area contributed by atoms with E-state index < -0.39 is 0 Å². The lowest BCUT2D eigenvalue weighted by molar-refractivity contribution is 0.0204. The summed E-state index contributed by atoms with van der Waals surface area (Å²) in [5.74, 6) is -0.0722. The fourth-order valence-corrected chi connectivity index (χ4v) is 2.86. The standard InChI is InChI=1S/C18H24N4O2/c1-12(22-6-8-24-9-7-22)11-19-18(23)15-4-5-16-17(10-15)21-14(3)13(2)20-16/h4-5,10,12H,6-9,11H2,1-3H3,(H,19,23). The van der Waals surface area contributed by atoms with Gasteiger partial charge in [-0.05, 0) is 39.0 Å². The van der Waals surface area contributed by atoms with Crippen molar-refractivity contribution in [3.05, 3.63) is 35.2 Å². The molecule has 0 radical (unpaired) electrons. The maximum atomic E-state index is 12.4. The van der Waals surface area contributed by atoms with Crippen molar-refractivity contribution in [1.29, 1.82) is 0 Å². The number of aromatic nitrogens is 2. The number of aryl methyl sites for hydroxylation is 2. The zero-order valence-electron chi connectivity index (χ0n) is 14.5. The minimum atomic E-state index is -0.0722. The Morgan fingerprint density at radius 1 is 1.21 bits per heavy atom. The van der Waals surface area contributed by atoms with Gasteiger partial charge in [0.2, 0.25) is 0 Å². The number of ether oxygens (including phenoxy) is 1. The van der Waals surface area contributed by atoms with E-state index in [1.54, 1.807) is 6.07 Å². The van der Waals surface area contributed by atoms with E-state index in [1.807, 2.05) is 26.0 Å².